The molecule has 6 fully saturated rings. The summed E-state index contributed by atoms with van der Waals surface area (Å²) in [4.78, 5) is 21.1. The molecule has 5 heterocycles. The zero-order valence-electron chi connectivity index (χ0n) is 26.0. The molecule has 3 aliphatic carbocycles. The Morgan fingerprint density at radius 1 is 1.17 bits per heavy atom. The van der Waals surface area contributed by atoms with E-state index in [1.165, 1.54) is 5.69 Å². The van der Waals surface area contributed by atoms with E-state index in [1.807, 2.05) is 13.0 Å². The van der Waals surface area contributed by atoms with Crippen molar-refractivity contribution in [2.45, 2.75) is 83.0 Å². The van der Waals surface area contributed by atoms with E-state index in [9.17, 15) is 10.1 Å². The minimum absolute atomic E-state index is 0.0103. The SMILES string of the molecule is Cc1nc2c(F)c(-c3cccc(Cl)c3Cl)c(CCC#N)cc2c2c1cc([C@H]1[C@H]3C[C@H](C[C@@H]3C)N1C(=O)C1CC1)n2C1[C@H]2CN[C@@H]1C2. The van der Waals surface area contributed by atoms with Crippen molar-refractivity contribution < 1.29 is 9.18 Å². The zero-order valence-corrected chi connectivity index (χ0v) is 27.5. The summed E-state index contributed by atoms with van der Waals surface area (Å²) in [6.07, 6.45) is 5.84. The number of pyridine rings is 1. The molecule has 2 aromatic carbocycles. The number of nitrogens with one attached hydrogen (secondary N) is 1. The third-order valence-corrected chi connectivity index (χ3v) is 12.8. The fraction of sp³-hybridized carbons (Fsp3) is 0.486. The Hall–Kier alpha value is -3.18. The van der Waals surface area contributed by atoms with Crippen LogP contribution < -0.4 is 5.32 Å². The van der Waals surface area contributed by atoms with Gasteiger partial charge in [-0.3, -0.25) is 4.79 Å². The fourth-order valence-electron chi connectivity index (χ4n) is 9.64. The quantitative estimate of drug-likeness (QED) is 0.227. The van der Waals surface area contributed by atoms with Crippen molar-refractivity contribution in [1.82, 2.24) is 19.8 Å². The van der Waals surface area contributed by atoms with E-state index in [4.69, 9.17) is 28.2 Å². The number of benzene rings is 2. The first-order valence-corrected chi connectivity index (χ1v) is 17.6. The summed E-state index contributed by atoms with van der Waals surface area (Å²) in [7, 11) is 0. The number of hydrogen-bond donors (Lipinski definition) is 1. The molecule has 4 aromatic rings. The molecule has 7 atom stereocenters. The van der Waals surface area contributed by atoms with Crippen molar-refractivity contribution in [3.05, 3.63) is 63.1 Å². The number of hydrogen-bond acceptors (Lipinski definition) is 4. The Bertz CT molecular complexity index is 2000. The molecule has 0 radical (unpaired) electrons. The van der Waals surface area contributed by atoms with Gasteiger partial charge in [0.05, 0.1) is 33.7 Å². The summed E-state index contributed by atoms with van der Waals surface area (Å²) in [5, 5.41) is 15.7. The largest absolute Gasteiger partial charge is 0.337 e. The number of likely N-dealkylation sites (tertiary alicyclic amines) is 1. The van der Waals surface area contributed by atoms with Crippen molar-refractivity contribution in [3.63, 3.8) is 0 Å². The van der Waals surface area contributed by atoms with Gasteiger partial charge < -0.3 is 14.8 Å². The average molecular weight is 657 g/mol. The first kappa shape index (κ1) is 29.0. The van der Waals surface area contributed by atoms with Crippen LogP contribution in [0.25, 0.3) is 32.9 Å². The number of aromatic nitrogens is 2. The summed E-state index contributed by atoms with van der Waals surface area (Å²) in [6.45, 7) is 5.28. The number of rotatable bonds is 6. The van der Waals surface area contributed by atoms with Gasteiger partial charge in [0.15, 0.2) is 5.82 Å². The normalized spacial score (nSPS) is 29.6. The highest BCUT2D eigenvalue weighted by Gasteiger charge is 2.56. The van der Waals surface area contributed by atoms with Crippen LogP contribution in [0.3, 0.4) is 0 Å². The molecule has 6 aliphatic rings. The summed E-state index contributed by atoms with van der Waals surface area (Å²) >= 11 is 13.1. The van der Waals surface area contributed by atoms with Gasteiger partial charge in [-0.25, -0.2) is 9.37 Å². The molecule has 1 N–H and O–H groups in total. The van der Waals surface area contributed by atoms with Crippen molar-refractivity contribution >= 4 is 50.9 Å². The van der Waals surface area contributed by atoms with Crippen molar-refractivity contribution in [1.29, 1.82) is 5.26 Å². The van der Waals surface area contributed by atoms with Gasteiger partial charge in [0.2, 0.25) is 5.91 Å². The number of piperidine rings is 1. The second-order valence-corrected chi connectivity index (χ2v) is 15.3. The summed E-state index contributed by atoms with van der Waals surface area (Å²) in [5.41, 5.74) is 4.82. The molecule has 46 heavy (non-hydrogen) atoms. The molecule has 4 bridgehead atoms. The molecule has 236 valence electrons. The Morgan fingerprint density at radius 3 is 2.72 bits per heavy atom. The van der Waals surface area contributed by atoms with Crippen LogP contribution in [0.4, 0.5) is 4.39 Å². The Balaban J connectivity index is 1.33. The minimum Gasteiger partial charge on any atom is -0.337 e. The van der Waals surface area contributed by atoms with E-state index in [-0.39, 0.29) is 35.5 Å². The monoisotopic (exact) mass is 655 g/mol. The van der Waals surface area contributed by atoms with Crippen LogP contribution in [0, 0.1) is 47.7 Å². The molecule has 6 nitrogen and oxygen atoms in total. The smallest absolute Gasteiger partial charge is 0.226 e. The maximum atomic E-state index is 17.1. The van der Waals surface area contributed by atoms with Gasteiger partial charge in [-0.1, -0.05) is 42.3 Å². The Morgan fingerprint density at radius 2 is 2.00 bits per heavy atom. The third-order valence-electron chi connectivity index (χ3n) is 11.9. The Kier molecular flexibility index (Phi) is 6.56. The minimum atomic E-state index is -0.442. The molecule has 0 spiro atoms. The molecule has 3 aliphatic heterocycles. The fourth-order valence-corrected chi connectivity index (χ4v) is 10.0. The van der Waals surface area contributed by atoms with Gasteiger partial charge in [0.1, 0.15) is 5.52 Å². The molecule has 10 rings (SSSR count). The number of halogens is 3. The van der Waals surface area contributed by atoms with E-state index in [2.05, 4.69) is 33.8 Å². The topological polar surface area (TPSA) is 74.0 Å². The number of carbonyl (C=O) groups excluding carboxylic acids is 1. The van der Waals surface area contributed by atoms with Gasteiger partial charge in [-0.2, -0.15) is 5.26 Å². The molecule has 9 heteroatoms. The lowest BCUT2D eigenvalue weighted by Crippen LogP contribution is -2.45. The third kappa shape index (κ3) is 4.02. The predicted octanol–water partition coefficient (Wildman–Crippen LogP) is 8.31. The van der Waals surface area contributed by atoms with Gasteiger partial charge in [-0.05, 0) is 87.0 Å². The maximum Gasteiger partial charge on any atom is 0.226 e. The first-order valence-electron chi connectivity index (χ1n) is 16.8. The summed E-state index contributed by atoms with van der Waals surface area (Å²) in [5.74, 6) is 1.47. The summed E-state index contributed by atoms with van der Waals surface area (Å²) in [6, 6.07) is 12.7. The highest BCUT2D eigenvalue weighted by atomic mass is 35.5. The molecular weight excluding hydrogens is 620 g/mol. The van der Waals surface area contributed by atoms with Crippen LogP contribution >= 0.6 is 23.2 Å². The van der Waals surface area contributed by atoms with Crippen LogP contribution in [-0.4, -0.2) is 39.0 Å². The molecule has 2 aromatic heterocycles. The van der Waals surface area contributed by atoms with Gasteiger partial charge >= 0.3 is 0 Å². The van der Waals surface area contributed by atoms with Gasteiger partial charge in [0, 0.05) is 64.3 Å². The first-order chi connectivity index (χ1) is 22.3. The van der Waals surface area contributed by atoms with E-state index >= 15 is 4.39 Å². The maximum absolute atomic E-state index is 17.1. The Labute approximate surface area is 277 Å². The second kappa shape index (κ2) is 10.4. The molecular formula is C37H36Cl2FN5O. The van der Waals surface area contributed by atoms with Crippen LogP contribution in [-0.2, 0) is 11.2 Å². The van der Waals surface area contributed by atoms with E-state index in [0.29, 0.717) is 63.4 Å². The number of fused-ring (bicyclic) bond motifs is 6. The predicted molar refractivity (Wildman–Crippen MR) is 178 cm³/mol. The van der Waals surface area contributed by atoms with Crippen molar-refractivity contribution in [2.24, 2.45) is 23.7 Å². The molecule has 3 saturated heterocycles. The highest BCUT2D eigenvalue weighted by Crippen LogP contribution is 2.57. The molecule has 3 saturated carbocycles. The highest BCUT2D eigenvalue weighted by molar-refractivity contribution is 6.43. The van der Waals surface area contributed by atoms with Gasteiger partial charge in [0.25, 0.3) is 0 Å². The number of amides is 1. The van der Waals surface area contributed by atoms with E-state index in [0.717, 1.165) is 60.6 Å². The second-order valence-electron chi connectivity index (χ2n) is 14.5. The van der Waals surface area contributed by atoms with Gasteiger partial charge in [-0.15, -0.1) is 0 Å². The lowest BCUT2D eigenvalue weighted by Gasteiger charge is -2.43. The lowest BCUT2D eigenvalue weighted by molar-refractivity contribution is -0.138. The standard InChI is InChI=1S/C37H36Cl2FN5O/c1-17-11-22-14-24(17)36(44(22)37(46)19-8-9-19)29-15-25-18(2)43-33-26(35(25)45(29)34-21-13-28(34)42-16-21)12-20(5-4-10-41)30(32(33)40)23-6-3-7-27(38)31(23)39/h3,6-7,12,15,17,19,21-22,24,28,34,36,42H,4-5,8-9,11,13-14,16H2,1-2H3/t17-,21+,22-,24-,28+,34?,36+/m0/s1. The number of nitriles is 1. The van der Waals surface area contributed by atoms with E-state index in [1.54, 1.807) is 18.2 Å². The molecule has 1 unspecified atom stereocenters. The van der Waals surface area contributed by atoms with Crippen molar-refractivity contribution in [3.8, 4) is 17.2 Å². The molecule has 1 amide bonds. The number of aryl methyl sites for hydroxylation is 2. The summed E-state index contributed by atoms with van der Waals surface area (Å²) < 4.78 is 19.6. The average Bonchev–Trinajstić information content (AvgIpc) is 3.39. The zero-order chi connectivity index (χ0) is 31.6. The van der Waals surface area contributed by atoms with Crippen molar-refractivity contribution in [2.75, 3.05) is 6.54 Å². The lowest BCUT2D eigenvalue weighted by atomic mass is 9.79. The van der Waals surface area contributed by atoms with Crippen LogP contribution in [0.1, 0.15) is 74.5 Å². The van der Waals surface area contributed by atoms with Crippen LogP contribution in [0.15, 0.2) is 30.3 Å². The van der Waals surface area contributed by atoms with E-state index < -0.39 is 5.82 Å². The van der Waals surface area contributed by atoms with Crippen LogP contribution in [0.5, 0.6) is 0 Å². The number of carbonyl (C=O) groups is 1. The van der Waals surface area contributed by atoms with Crippen LogP contribution in [0.2, 0.25) is 10.0 Å². The number of nitrogens with zero attached hydrogens (tertiary/aromatic N) is 4.